The van der Waals surface area contributed by atoms with Crippen LogP contribution in [0.5, 0.6) is 11.5 Å². The second-order valence-corrected chi connectivity index (χ2v) is 6.93. The Balaban J connectivity index is 1.65. The molecule has 0 radical (unpaired) electrons. The summed E-state index contributed by atoms with van der Waals surface area (Å²) in [5.41, 5.74) is 1.06. The quantitative estimate of drug-likeness (QED) is 0.606. The molecule has 2 aromatic rings. The highest BCUT2D eigenvalue weighted by atomic mass is 16.5. The number of benzene rings is 1. The van der Waals surface area contributed by atoms with E-state index in [9.17, 15) is 0 Å². The average molecular weight is 387 g/mol. The maximum absolute atomic E-state index is 5.51. The number of aromatic nitrogens is 3. The van der Waals surface area contributed by atoms with E-state index in [0.717, 1.165) is 47.6 Å². The van der Waals surface area contributed by atoms with Crippen molar-refractivity contribution < 1.29 is 9.47 Å². The summed E-state index contributed by atoms with van der Waals surface area (Å²) in [5.74, 6) is 4.43. The van der Waals surface area contributed by atoms with Gasteiger partial charge in [-0.2, -0.15) is 0 Å². The SMILES string of the molecule is CN=C(NCc1nnc2n1CCCCC2)N(C)Cc1ccc(OC)cc1OC. The standard InChI is InChI=1S/C20H30N6O2/c1-21-20(22-13-19-24-23-18-8-6-5-7-11-26(18)19)25(2)14-15-9-10-16(27-3)12-17(15)28-4/h9-10,12H,5-8,11,13-14H2,1-4H3,(H,21,22). The van der Waals surface area contributed by atoms with E-state index in [1.54, 1.807) is 21.3 Å². The largest absolute Gasteiger partial charge is 0.497 e. The molecule has 2 heterocycles. The third-order valence-corrected chi connectivity index (χ3v) is 5.07. The Morgan fingerprint density at radius 2 is 2.07 bits per heavy atom. The van der Waals surface area contributed by atoms with Gasteiger partial charge in [-0.3, -0.25) is 4.99 Å². The van der Waals surface area contributed by atoms with E-state index >= 15 is 0 Å². The third-order valence-electron chi connectivity index (χ3n) is 5.07. The maximum Gasteiger partial charge on any atom is 0.194 e. The van der Waals surface area contributed by atoms with Gasteiger partial charge >= 0.3 is 0 Å². The molecule has 0 unspecified atom stereocenters. The van der Waals surface area contributed by atoms with Crippen LogP contribution in [-0.4, -0.2) is 53.9 Å². The molecule has 0 saturated heterocycles. The summed E-state index contributed by atoms with van der Waals surface area (Å²) in [6.45, 7) is 2.26. The summed E-state index contributed by atoms with van der Waals surface area (Å²) < 4.78 is 13.0. The van der Waals surface area contributed by atoms with Gasteiger partial charge in [0.1, 0.15) is 17.3 Å². The van der Waals surface area contributed by atoms with Crippen molar-refractivity contribution in [2.24, 2.45) is 4.99 Å². The molecular formula is C20H30N6O2. The Morgan fingerprint density at radius 3 is 2.82 bits per heavy atom. The van der Waals surface area contributed by atoms with E-state index in [-0.39, 0.29) is 0 Å². The van der Waals surface area contributed by atoms with Gasteiger partial charge in [-0.15, -0.1) is 10.2 Å². The number of hydrogen-bond acceptors (Lipinski definition) is 5. The van der Waals surface area contributed by atoms with Crippen molar-refractivity contribution in [3.8, 4) is 11.5 Å². The molecule has 0 spiro atoms. The molecule has 0 bridgehead atoms. The number of guanidine groups is 1. The molecular weight excluding hydrogens is 356 g/mol. The fraction of sp³-hybridized carbons (Fsp3) is 0.550. The minimum absolute atomic E-state index is 0.601. The molecule has 8 nitrogen and oxygen atoms in total. The minimum atomic E-state index is 0.601. The fourth-order valence-electron chi connectivity index (χ4n) is 3.53. The number of aryl methyl sites for hydroxylation is 1. The van der Waals surface area contributed by atoms with E-state index in [0.29, 0.717) is 13.1 Å². The van der Waals surface area contributed by atoms with Crippen LogP contribution in [0.1, 0.15) is 36.5 Å². The van der Waals surface area contributed by atoms with Crippen LogP contribution in [0.15, 0.2) is 23.2 Å². The van der Waals surface area contributed by atoms with Crippen LogP contribution < -0.4 is 14.8 Å². The van der Waals surface area contributed by atoms with Crippen molar-refractivity contribution in [3.63, 3.8) is 0 Å². The van der Waals surface area contributed by atoms with Gasteiger partial charge in [-0.05, 0) is 25.0 Å². The maximum atomic E-state index is 5.51. The summed E-state index contributed by atoms with van der Waals surface area (Å²) in [4.78, 5) is 6.47. The van der Waals surface area contributed by atoms with Crippen LogP contribution >= 0.6 is 0 Å². The molecule has 0 saturated carbocycles. The van der Waals surface area contributed by atoms with Crippen LogP contribution in [0.3, 0.4) is 0 Å². The molecule has 3 rings (SSSR count). The summed E-state index contributed by atoms with van der Waals surface area (Å²) >= 11 is 0. The van der Waals surface area contributed by atoms with Crippen LogP contribution in [0.4, 0.5) is 0 Å². The first-order chi connectivity index (χ1) is 13.7. The van der Waals surface area contributed by atoms with Gasteiger partial charge < -0.3 is 24.3 Å². The van der Waals surface area contributed by atoms with Crippen LogP contribution in [0.2, 0.25) is 0 Å². The third kappa shape index (κ3) is 4.55. The molecule has 1 aromatic carbocycles. The highest BCUT2D eigenvalue weighted by Gasteiger charge is 2.16. The molecule has 1 aromatic heterocycles. The number of hydrogen-bond donors (Lipinski definition) is 1. The van der Waals surface area contributed by atoms with E-state index in [1.807, 2.05) is 25.2 Å². The number of aliphatic imine (C=N–C) groups is 1. The number of fused-ring (bicyclic) bond motifs is 1. The van der Waals surface area contributed by atoms with E-state index < -0.39 is 0 Å². The molecule has 152 valence electrons. The number of nitrogens with zero attached hydrogens (tertiary/aromatic N) is 5. The molecule has 0 amide bonds. The summed E-state index contributed by atoms with van der Waals surface area (Å²) in [6, 6.07) is 5.85. The molecule has 28 heavy (non-hydrogen) atoms. The Labute approximate surface area is 166 Å². The van der Waals surface area contributed by atoms with Gasteiger partial charge in [0.25, 0.3) is 0 Å². The summed E-state index contributed by atoms with van der Waals surface area (Å²) in [6.07, 6.45) is 4.65. The van der Waals surface area contributed by atoms with Crippen molar-refractivity contribution >= 4 is 5.96 Å². The lowest BCUT2D eigenvalue weighted by Crippen LogP contribution is -2.38. The first-order valence-corrected chi connectivity index (χ1v) is 9.70. The normalized spacial score (nSPS) is 14.2. The van der Waals surface area contributed by atoms with Gasteiger partial charge in [0.2, 0.25) is 0 Å². The predicted molar refractivity (Wildman–Crippen MR) is 109 cm³/mol. The van der Waals surface area contributed by atoms with Crippen LogP contribution in [-0.2, 0) is 26.1 Å². The Kier molecular flexibility index (Phi) is 6.73. The molecule has 0 aliphatic carbocycles. The number of ether oxygens (including phenoxy) is 2. The molecule has 8 heteroatoms. The highest BCUT2D eigenvalue weighted by molar-refractivity contribution is 5.79. The summed E-state index contributed by atoms with van der Waals surface area (Å²) in [5, 5.41) is 12.2. The second kappa shape index (κ2) is 9.43. The summed E-state index contributed by atoms with van der Waals surface area (Å²) in [7, 11) is 7.11. The van der Waals surface area contributed by atoms with Crippen molar-refractivity contribution in [3.05, 3.63) is 35.4 Å². The molecule has 1 aliphatic heterocycles. The number of methoxy groups -OCH3 is 2. The molecule has 0 atom stereocenters. The smallest absolute Gasteiger partial charge is 0.194 e. The lowest BCUT2D eigenvalue weighted by Gasteiger charge is -2.23. The van der Waals surface area contributed by atoms with Crippen molar-refractivity contribution in [2.75, 3.05) is 28.3 Å². The monoisotopic (exact) mass is 386 g/mol. The van der Waals surface area contributed by atoms with Gasteiger partial charge in [-0.25, -0.2) is 0 Å². The van der Waals surface area contributed by atoms with Gasteiger partial charge in [-0.1, -0.05) is 6.42 Å². The molecule has 0 fully saturated rings. The second-order valence-electron chi connectivity index (χ2n) is 6.93. The van der Waals surface area contributed by atoms with E-state index in [1.165, 1.54) is 19.3 Å². The van der Waals surface area contributed by atoms with Crippen molar-refractivity contribution in [1.82, 2.24) is 25.0 Å². The Bertz CT molecular complexity index is 817. The Hall–Kier alpha value is -2.77. The number of rotatable bonds is 6. The van der Waals surface area contributed by atoms with Gasteiger partial charge in [0.15, 0.2) is 11.8 Å². The zero-order chi connectivity index (χ0) is 19.9. The van der Waals surface area contributed by atoms with Crippen LogP contribution in [0, 0.1) is 0 Å². The topological polar surface area (TPSA) is 76.8 Å². The highest BCUT2D eigenvalue weighted by Crippen LogP contribution is 2.25. The van der Waals surface area contributed by atoms with Crippen molar-refractivity contribution in [2.45, 2.75) is 45.3 Å². The Morgan fingerprint density at radius 1 is 1.21 bits per heavy atom. The average Bonchev–Trinajstić information content (AvgIpc) is 2.95. The minimum Gasteiger partial charge on any atom is -0.497 e. The first kappa shape index (κ1) is 20.0. The zero-order valence-corrected chi connectivity index (χ0v) is 17.2. The fourth-order valence-corrected chi connectivity index (χ4v) is 3.53. The van der Waals surface area contributed by atoms with Gasteiger partial charge in [0, 0.05) is 45.2 Å². The molecule has 1 aliphatic rings. The van der Waals surface area contributed by atoms with E-state index in [4.69, 9.17) is 9.47 Å². The first-order valence-electron chi connectivity index (χ1n) is 9.70. The number of nitrogens with one attached hydrogen (secondary N) is 1. The predicted octanol–water partition coefficient (Wildman–Crippen LogP) is 2.23. The lowest BCUT2D eigenvalue weighted by molar-refractivity contribution is 0.382. The van der Waals surface area contributed by atoms with E-state index in [2.05, 4.69) is 30.0 Å². The lowest BCUT2D eigenvalue weighted by atomic mass is 10.2. The van der Waals surface area contributed by atoms with Crippen LogP contribution in [0.25, 0.3) is 0 Å². The zero-order valence-electron chi connectivity index (χ0n) is 17.2. The van der Waals surface area contributed by atoms with Crippen molar-refractivity contribution in [1.29, 1.82) is 0 Å². The van der Waals surface area contributed by atoms with Gasteiger partial charge in [0.05, 0.1) is 20.8 Å². The molecule has 1 N–H and O–H groups in total.